The average molecular weight is 728 g/mol. The molecule has 1 N–H and O–H groups in total. The molecule has 0 radical (unpaired) electrons. The van der Waals surface area contributed by atoms with E-state index >= 15 is 4.39 Å². The third kappa shape index (κ3) is 5.35. The zero-order chi connectivity index (χ0) is 35.1. The maximum atomic E-state index is 17.2. The molecular formula is C39H37Cl2FN6O3. The van der Waals surface area contributed by atoms with Crippen LogP contribution < -0.4 is 5.32 Å². The number of benzene rings is 2. The first-order valence-electron chi connectivity index (χ1n) is 17.8. The normalized spacial score (nSPS) is 24.7. The number of rotatable bonds is 9. The number of carbonyl (C=O) groups is 1. The Morgan fingerprint density at radius 3 is 2.76 bits per heavy atom. The lowest BCUT2D eigenvalue weighted by atomic mass is 9.79. The van der Waals surface area contributed by atoms with Gasteiger partial charge in [0.25, 0.3) is 0 Å². The van der Waals surface area contributed by atoms with E-state index in [0.29, 0.717) is 63.8 Å². The molecule has 3 aliphatic heterocycles. The highest BCUT2D eigenvalue weighted by Crippen LogP contribution is 2.51. The first-order valence-corrected chi connectivity index (χ1v) is 18.6. The molecule has 262 valence electrons. The van der Waals surface area contributed by atoms with Gasteiger partial charge < -0.3 is 24.0 Å². The van der Waals surface area contributed by atoms with Crippen LogP contribution in [-0.2, 0) is 16.0 Å². The molecule has 1 amide bonds. The third-order valence-electron chi connectivity index (χ3n) is 11.5. The Morgan fingerprint density at radius 2 is 2.06 bits per heavy atom. The Balaban J connectivity index is 1.25. The lowest BCUT2D eigenvalue weighted by Gasteiger charge is -2.39. The smallest absolute Gasteiger partial charge is 0.226 e. The first-order chi connectivity index (χ1) is 24.7. The fourth-order valence-electron chi connectivity index (χ4n) is 8.87. The van der Waals surface area contributed by atoms with Crippen molar-refractivity contribution in [2.24, 2.45) is 11.8 Å². The number of likely N-dealkylation sites (tertiary alicyclic amines) is 1. The van der Waals surface area contributed by atoms with Crippen LogP contribution in [0.15, 0.2) is 47.2 Å². The summed E-state index contributed by atoms with van der Waals surface area (Å²) in [7, 11) is 0. The third-order valence-corrected chi connectivity index (χ3v) is 12.3. The number of carbonyl (C=O) groups excluding carboxylic acids is 1. The van der Waals surface area contributed by atoms with Crippen molar-refractivity contribution >= 4 is 50.9 Å². The van der Waals surface area contributed by atoms with Crippen molar-refractivity contribution in [3.8, 4) is 17.2 Å². The van der Waals surface area contributed by atoms with Crippen LogP contribution >= 0.6 is 23.2 Å². The molecule has 5 aromatic rings. The summed E-state index contributed by atoms with van der Waals surface area (Å²) in [6.07, 6.45) is 5.07. The number of nitrogens with zero attached hydrogens (tertiary/aromatic N) is 5. The number of hydrogen-bond acceptors (Lipinski definition) is 7. The van der Waals surface area contributed by atoms with E-state index in [4.69, 9.17) is 37.4 Å². The minimum Gasteiger partial charge on any atom is -0.367 e. The largest absolute Gasteiger partial charge is 0.367 e. The van der Waals surface area contributed by atoms with Crippen LogP contribution in [-0.4, -0.2) is 50.8 Å². The van der Waals surface area contributed by atoms with E-state index in [1.807, 2.05) is 24.8 Å². The van der Waals surface area contributed by atoms with E-state index in [2.05, 4.69) is 27.2 Å². The van der Waals surface area contributed by atoms with E-state index < -0.39 is 5.82 Å². The van der Waals surface area contributed by atoms with Crippen molar-refractivity contribution in [1.29, 1.82) is 5.26 Å². The molecule has 6 heterocycles. The number of nitrogens with one attached hydrogen (secondary N) is 1. The molecular weight excluding hydrogens is 690 g/mol. The Bertz CT molecular complexity index is 2230. The van der Waals surface area contributed by atoms with Crippen molar-refractivity contribution in [2.75, 3.05) is 13.1 Å². The van der Waals surface area contributed by atoms with Crippen LogP contribution in [0.5, 0.6) is 0 Å². The molecule has 12 heteroatoms. The second-order valence-electron chi connectivity index (χ2n) is 14.6. The fourth-order valence-corrected chi connectivity index (χ4v) is 9.27. The Hall–Kier alpha value is -4.01. The fraction of sp³-hybridized carbons (Fsp3) is 0.436. The van der Waals surface area contributed by atoms with Gasteiger partial charge in [-0.05, 0) is 69.2 Å². The molecule has 6 atom stereocenters. The topological polar surface area (TPSA) is 109 Å². The molecule has 9 nitrogen and oxygen atoms in total. The summed E-state index contributed by atoms with van der Waals surface area (Å²) in [6.45, 7) is 5.27. The number of fused-ring (bicyclic) bond motifs is 4. The van der Waals surface area contributed by atoms with Gasteiger partial charge in [-0.25, -0.2) is 9.37 Å². The second kappa shape index (κ2) is 12.6. The van der Waals surface area contributed by atoms with E-state index in [1.165, 1.54) is 6.26 Å². The minimum atomic E-state index is -0.486. The van der Waals surface area contributed by atoms with Gasteiger partial charge in [0.2, 0.25) is 5.91 Å². The summed E-state index contributed by atoms with van der Waals surface area (Å²) in [4.78, 5) is 20.9. The highest BCUT2D eigenvalue weighted by Gasteiger charge is 2.51. The molecule has 2 aliphatic carbocycles. The summed E-state index contributed by atoms with van der Waals surface area (Å²) in [5.41, 5.74) is 5.07. The van der Waals surface area contributed by atoms with Crippen molar-refractivity contribution in [1.82, 2.24) is 24.9 Å². The van der Waals surface area contributed by atoms with Crippen LogP contribution in [0.1, 0.15) is 79.9 Å². The van der Waals surface area contributed by atoms with Gasteiger partial charge in [0, 0.05) is 77.2 Å². The van der Waals surface area contributed by atoms with Crippen LogP contribution in [0.2, 0.25) is 10.0 Å². The minimum absolute atomic E-state index is 0.0383. The van der Waals surface area contributed by atoms with Crippen molar-refractivity contribution in [3.05, 3.63) is 81.2 Å². The number of nitriles is 1. The highest BCUT2D eigenvalue weighted by atomic mass is 35.5. The predicted molar refractivity (Wildman–Crippen MR) is 192 cm³/mol. The van der Waals surface area contributed by atoms with Crippen LogP contribution in [0, 0.1) is 35.9 Å². The quantitative estimate of drug-likeness (QED) is 0.162. The lowest BCUT2D eigenvalue weighted by Crippen LogP contribution is -2.41. The molecule has 10 rings (SSSR count). The van der Waals surface area contributed by atoms with E-state index in [0.717, 1.165) is 42.4 Å². The molecule has 51 heavy (non-hydrogen) atoms. The van der Waals surface area contributed by atoms with Gasteiger partial charge in [0.1, 0.15) is 23.6 Å². The standard InChI is InChI=1S/C39H37Cl2FN6O3/c1-19-26-16-32(31-15-24(18-47(31)39(49)21-8-9-21)51-20(2)29-10-12-50-46-29)48(37-23-14-30(37)44-17-23)38(26)27-13-22(5-4-11-43)33(35(42)36(27)45-19)25-6-3-7-28(40)34(25)41/h3,6-7,10,12-13,16,20-21,23-24,30-31,37,44H,4-5,8-9,14-15,17-18H2,1-2H3/t20?,23-,24+,30-,31-,37+/m1/s1. The van der Waals surface area contributed by atoms with Gasteiger partial charge in [0.15, 0.2) is 5.82 Å². The number of ether oxygens (including phenoxy) is 1. The molecule has 2 saturated carbocycles. The molecule has 5 aliphatic rings. The first kappa shape index (κ1) is 32.9. The predicted octanol–water partition coefficient (Wildman–Crippen LogP) is 8.42. The number of pyridine rings is 1. The summed E-state index contributed by atoms with van der Waals surface area (Å²) in [6, 6.07) is 13.6. The van der Waals surface area contributed by atoms with E-state index in [-0.39, 0.29) is 59.1 Å². The van der Waals surface area contributed by atoms with Crippen molar-refractivity contribution in [2.45, 2.75) is 82.7 Å². The SMILES string of the molecule is Cc1nc2c(F)c(-c3cccc(Cl)c3Cl)c(CCC#N)cc2c2c1cc([C@H]1C[C@H](OC(C)c3ccon3)CN1C(=O)C1CC1)n2[C@H]1[C@H]2CN[C@@H]1C2. The number of hydrogen-bond donors (Lipinski definition) is 1. The van der Waals surface area contributed by atoms with Gasteiger partial charge in [-0.1, -0.05) is 40.5 Å². The van der Waals surface area contributed by atoms with Crippen LogP contribution in [0.25, 0.3) is 32.9 Å². The molecule has 5 fully saturated rings. The van der Waals surface area contributed by atoms with E-state index in [1.54, 1.807) is 24.3 Å². The van der Waals surface area contributed by atoms with Gasteiger partial charge in [-0.15, -0.1) is 0 Å². The summed E-state index contributed by atoms with van der Waals surface area (Å²) >= 11 is 13.1. The number of amides is 1. The number of aromatic nitrogens is 3. The van der Waals surface area contributed by atoms with E-state index in [9.17, 15) is 10.1 Å². The number of aryl methyl sites for hydroxylation is 2. The maximum Gasteiger partial charge on any atom is 0.226 e. The average Bonchev–Trinajstić information content (AvgIpc) is 3.64. The Labute approximate surface area is 304 Å². The van der Waals surface area contributed by atoms with Gasteiger partial charge in [-0.2, -0.15) is 5.26 Å². The summed E-state index contributed by atoms with van der Waals surface area (Å²) in [5, 5.41) is 19.6. The highest BCUT2D eigenvalue weighted by molar-refractivity contribution is 6.43. The number of halogens is 3. The summed E-state index contributed by atoms with van der Waals surface area (Å²) in [5.74, 6) is 0.129. The molecule has 3 saturated heterocycles. The maximum absolute atomic E-state index is 17.2. The van der Waals surface area contributed by atoms with Gasteiger partial charge in [-0.3, -0.25) is 4.79 Å². The second-order valence-corrected chi connectivity index (χ2v) is 15.4. The monoisotopic (exact) mass is 726 g/mol. The molecule has 0 spiro atoms. The molecule has 1 unspecified atom stereocenters. The molecule has 2 aromatic carbocycles. The van der Waals surface area contributed by atoms with Gasteiger partial charge in [0.05, 0.1) is 39.8 Å². The van der Waals surface area contributed by atoms with Crippen molar-refractivity contribution in [3.63, 3.8) is 0 Å². The lowest BCUT2D eigenvalue weighted by molar-refractivity contribution is -0.134. The molecule has 2 bridgehead atoms. The zero-order valence-electron chi connectivity index (χ0n) is 28.3. The zero-order valence-corrected chi connectivity index (χ0v) is 29.8. The molecule has 3 aromatic heterocycles. The van der Waals surface area contributed by atoms with Crippen LogP contribution in [0.3, 0.4) is 0 Å². The van der Waals surface area contributed by atoms with Gasteiger partial charge >= 0.3 is 0 Å². The Kier molecular flexibility index (Phi) is 8.11. The Morgan fingerprint density at radius 1 is 1.22 bits per heavy atom. The van der Waals surface area contributed by atoms with Crippen molar-refractivity contribution < 1.29 is 18.4 Å². The summed E-state index contributed by atoms with van der Waals surface area (Å²) < 4.78 is 31.2. The van der Waals surface area contributed by atoms with Crippen LogP contribution in [0.4, 0.5) is 4.39 Å².